The molecule has 2 N–H and O–H groups in total. The number of carbonyl (C=O) groups excluding carboxylic acids is 2. The Kier molecular flexibility index (Phi) is 8.38. The van der Waals surface area contributed by atoms with E-state index in [1.807, 2.05) is 13.0 Å². The third kappa shape index (κ3) is 6.74. The number of sulfonamides is 1. The Hall–Kier alpha value is -3.00. The van der Waals surface area contributed by atoms with Crippen molar-refractivity contribution in [2.45, 2.75) is 31.1 Å². The Morgan fingerprint density at radius 2 is 1.64 bits per heavy atom. The molecule has 0 saturated carbocycles. The fourth-order valence-electron chi connectivity index (χ4n) is 3.18. The van der Waals surface area contributed by atoms with Crippen LogP contribution in [0.3, 0.4) is 0 Å². The molecule has 3 aromatic rings. The monoisotopic (exact) mass is 484 g/mol. The summed E-state index contributed by atoms with van der Waals surface area (Å²) in [5, 5.41) is 3.19. The lowest BCUT2D eigenvalue weighted by molar-refractivity contribution is -0.116. The number of aryl methyl sites for hydroxylation is 1. The minimum absolute atomic E-state index is 0.168. The standard InChI is InChI=1S/C25H25ClN2O4S/c1-2-16-27-33(31,32)21-12-8-18(9-13-21)10-15-24(29)28-23-14-11-20(26)17-22(23)25(30)19-6-4-3-5-7-19/h3-9,11-14,17,27H,2,10,15-16H2,1H3,(H,28,29). The SMILES string of the molecule is CCCNS(=O)(=O)c1ccc(CCC(=O)Nc2ccc(Cl)cc2C(=O)c2ccccc2)cc1. The number of hydrogen-bond donors (Lipinski definition) is 2. The number of amides is 1. The molecule has 8 heteroatoms. The maximum Gasteiger partial charge on any atom is 0.240 e. The number of hydrogen-bond acceptors (Lipinski definition) is 4. The van der Waals surface area contributed by atoms with Gasteiger partial charge in [0.25, 0.3) is 0 Å². The molecule has 1 amide bonds. The van der Waals surface area contributed by atoms with E-state index in [9.17, 15) is 18.0 Å². The van der Waals surface area contributed by atoms with Gasteiger partial charge in [0.05, 0.1) is 10.6 Å². The van der Waals surface area contributed by atoms with E-state index in [0.717, 1.165) is 5.56 Å². The number of halogens is 1. The first-order chi connectivity index (χ1) is 15.8. The highest BCUT2D eigenvalue weighted by atomic mass is 35.5. The van der Waals surface area contributed by atoms with Gasteiger partial charge in [0, 0.05) is 29.1 Å². The third-order valence-corrected chi connectivity index (χ3v) is 6.66. The van der Waals surface area contributed by atoms with Crippen molar-refractivity contribution in [3.05, 3.63) is 94.5 Å². The zero-order valence-corrected chi connectivity index (χ0v) is 19.7. The van der Waals surface area contributed by atoms with Gasteiger partial charge in [-0.05, 0) is 48.7 Å². The molecule has 0 unspecified atom stereocenters. The molecule has 6 nitrogen and oxygen atoms in total. The summed E-state index contributed by atoms with van der Waals surface area (Å²) in [6, 6.07) is 20.0. The summed E-state index contributed by atoms with van der Waals surface area (Å²) >= 11 is 6.09. The van der Waals surface area contributed by atoms with Crippen LogP contribution in [0, 0.1) is 0 Å². The van der Waals surface area contributed by atoms with Crippen LogP contribution in [0.1, 0.15) is 41.3 Å². The van der Waals surface area contributed by atoms with Crippen molar-refractivity contribution >= 4 is 39.0 Å². The average Bonchev–Trinajstić information content (AvgIpc) is 2.83. The predicted octanol–water partition coefficient (Wildman–Crippen LogP) is 4.83. The van der Waals surface area contributed by atoms with Crippen LogP contribution in [-0.4, -0.2) is 26.7 Å². The average molecular weight is 485 g/mol. The molecular weight excluding hydrogens is 460 g/mol. The molecular formula is C25H25ClN2O4S. The molecule has 0 aliphatic rings. The molecule has 0 radical (unpaired) electrons. The molecule has 0 fully saturated rings. The molecule has 0 bridgehead atoms. The summed E-state index contributed by atoms with van der Waals surface area (Å²) < 4.78 is 26.9. The van der Waals surface area contributed by atoms with Crippen LogP contribution in [-0.2, 0) is 21.2 Å². The lowest BCUT2D eigenvalue weighted by Crippen LogP contribution is -2.24. The van der Waals surface area contributed by atoms with E-state index >= 15 is 0 Å². The molecule has 0 aliphatic heterocycles. The topological polar surface area (TPSA) is 92.3 Å². The van der Waals surface area contributed by atoms with E-state index in [1.165, 1.54) is 18.2 Å². The largest absolute Gasteiger partial charge is 0.325 e. The molecule has 33 heavy (non-hydrogen) atoms. The summed E-state index contributed by atoms with van der Waals surface area (Å²) in [5.41, 5.74) is 2.04. The van der Waals surface area contributed by atoms with Gasteiger partial charge >= 0.3 is 0 Å². The Bertz CT molecular complexity index is 1230. The maximum absolute atomic E-state index is 12.9. The van der Waals surface area contributed by atoms with E-state index in [-0.39, 0.29) is 23.0 Å². The van der Waals surface area contributed by atoms with E-state index in [1.54, 1.807) is 48.5 Å². The van der Waals surface area contributed by atoms with Crippen LogP contribution >= 0.6 is 11.6 Å². The van der Waals surface area contributed by atoms with Gasteiger partial charge in [-0.25, -0.2) is 13.1 Å². The van der Waals surface area contributed by atoms with Crippen LogP contribution in [0.15, 0.2) is 77.7 Å². The van der Waals surface area contributed by atoms with Gasteiger partial charge in [-0.3, -0.25) is 9.59 Å². The van der Waals surface area contributed by atoms with Gasteiger partial charge < -0.3 is 5.32 Å². The first-order valence-corrected chi connectivity index (χ1v) is 12.4. The Morgan fingerprint density at radius 3 is 2.30 bits per heavy atom. The first kappa shape index (κ1) is 24.6. The van der Waals surface area contributed by atoms with Crippen LogP contribution in [0.25, 0.3) is 0 Å². The minimum Gasteiger partial charge on any atom is -0.325 e. The van der Waals surface area contributed by atoms with Crippen LogP contribution in [0.5, 0.6) is 0 Å². The zero-order valence-electron chi connectivity index (χ0n) is 18.2. The lowest BCUT2D eigenvalue weighted by atomic mass is 10.0. The van der Waals surface area contributed by atoms with Crippen molar-refractivity contribution in [2.75, 3.05) is 11.9 Å². The second-order valence-corrected chi connectivity index (χ2v) is 9.68. The number of benzene rings is 3. The number of ketones is 1. The van der Waals surface area contributed by atoms with Gasteiger partial charge in [0.2, 0.25) is 15.9 Å². The van der Waals surface area contributed by atoms with E-state index < -0.39 is 10.0 Å². The first-order valence-electron chi connectivity index (χ1n) is 10.6. The van der Waals surface area contributed by atoms with Crippen LogP contribution in [0.4, 0.5) is 5.69 Å². The number of rotatable bonds is 10. The molecule has 0 saturated heterocycles. The molecule has 172 valence electrons. The summed E-state index contributed by atoms with van der Waals surface area (Å²) in [4.78, 5) is 25.6. The molecule has 3 rings (SSSR count). The number of anilines is 1. The second-order valence-electron chi connectivity index (χ2n) is 7.47. The van der Waals surface area contributed by atoms with Gasteiger partial charge in [0.15, 0.2) is 5.78 Å². The minimum atomic E-state index is -3.52. The molecule has 0 heterocycles. The van der Waals surface area contributed by atoms with Crippen molar-refractivity contribution in [2.24, 2.45) is 0 Å². The molecule has 0 spiro atoms. The second kappa shape index (κ2) is 11.2. The quantitative estimate of drug-likeness (QED) is 0.403. The molecule has 0 aliphatic carbocycles. The Labute approximate surface area is 199 Å². The smallest absolute Gasteiger partial charge is 0.240 e. The van der Waals surface area contributed by atoms with Gasteiger partial charge in [-0.2, -0.15) is 0 Å². The number of carbonyl (C=O) groups is 2. The highest BCUT2D eigenvalue weighted by Gasteiger charge is 2.16. The normalized spacial score (nSPS) is 11.2. The molecule has 3 aromatic carbocycles. The summed E-state index contributed by atoms with van der Waals surface area (Å²) in [7, 11) is -3.52. The van der Waals surface area contributed by atoms with Crippen molar-refractivity contribution in [1.82, 2.24) is 4.72 Å². The fourth-order valence-corrected chi connectivity index (χ4v) is 4.49. The van der Waals surface area contributed by atoms with E-state index in [0.29, 0.717) is 41.2 Å². The van der Waals surface area contributed by atoms with Gasteiger partial charge in [-0.1, -0.05) is 61.0 Å². The van der Waals surface area contributed by atoms with E-state index in [4.69, 9.17) is 11.6 Å². The van der Waals surface area contributed by atoms with Crippen LogP contribution < -0.4 is 10.0 Å². The Balaban J connectivity index is 1.65. The van der Waals surface area contributed by atoms with Crippen molar-refractivity contribution in [3.63, 3.8) is 0 Å². The number of nitrogens with one attached hydrogen (secondary N) is 2. The lowest BCUT2D eigenvalue weighted by Gasteiger charge is -2.11. The Morgan fingerprint density at radius 1 is 0.939 bits per heavy atom. The predicted molar refractivity (Wildman–Crippen MR) is 130 cm³/mol. The van der Waals surface area contributed by atoms with Gasteiger partial charge in [0.1, 0.15) is 0 Å². The zero-order chi connectivity index (χ0) is 23.8. The summed E-state index contributed by atoms with van der Waals surface area (Å²) in [5.74, 6) is -0.498. The molecule has 0 atom stereocenters. The third-order valence-electron chi connectivity index (χ3n) is 4.95. The molecule has 0 aromatic heterocycles. The summed E-state index contributed by atoms with van der Waals surface area (Å²) in [6.45, 7) is 2.27. The fraction of sp³-hybridized carbons (Fsp3) is 0.200. The van der Waals surface area contributed by atoms with Gasteiger partial charge in [-0.15, -0.1) is 0 Å². The maximum atomic E-state index is 12.9. The summed E-state index contributed by atoms with van der Waals surface area (Å²) in [6.07, 6.45) is 1.30. The van der Waals surface area contributed by atoms with Crippen LogP contribution in [0.2, 0.25) is 5.02 Å². The van der Waals surface area contributed by atoms with Crippen molar-refractivity contribution in [1.29, 1.82) is 0 Å². The van der Waals surface area contributed by atoms with Crippen molar-refractivity contribution < 1.29 is 18.0 Å². The highest BCUT2D eigenvalue weighted by molar-refractivity contribution is 7.89. The highest BCUT2D eigenvalue weighted by Crippen LogP contribution is 2.24. The van der Waals surface area contributed by atoms with E-state index in [2.05, 4.69) is 10.0 Å². The van der Waals surface area contributed by atoms with Crippen molar-refractivity contribution in [3.8, 4) is 0 Å².